The number of ether oxygens (including phenoxy) is 1. The highest BCUT2D eigenvalue weighted by Gasteiger charge is 2.07. The van der Waals surface area contributed by atoms with Crippen LogP contribution in [0.2, 0.25) is 0 Å². The van der Waals surface area contributed by atoms with E-state index >= 15 is 0 Å². The molecular formula is C13H11F2NO2. The number of pyridine rings is 1. The first kappa shape index (κ1) is 12.4. The molecule has 1 aromatic carbocycles. The Morgan fingerprint density at radius 2 is 1.94 bits per heavy atom. The van der Waals surface area contributed by atoms with Gasteiger partial charge in [-0.2, -0.15) is 0 Å². The van der Waals surface area contributed by atoms with E-state index in [1.54, 1.807) is 13.0 Å². The van der Waals surface area contributed by atoms with Crippen LogP contribution in [-0.2, 0) is 0 Å². The van der Waals surface area contributed by atoms with Crippen LogP contribution >= 0.6 is 0 Å². The molecule has 0 aliphatic carbocycles. The van der Waals surface area contributed by atoms with Gasteiger partial charge in [-0.05, 0) is 30.7 Å². The fourth-order valence-electron chi connectivity index (χ4n) is 1.40. The molecule has 1 atom stereocenters. The highest BCUT2D eigenvalue weighted by Crippen LogP contribution is 2.23. The van der Waals surface area contributed by atoms with Crippen molar-refractivity contribution in [1.29, 1.82) is 0 Å². The van der Waals surface area contributed by atoms with E-state index in [1.165, 1.54) is 18.3 Å². The molecule has 0 amide bonds. The van der Waals surface area contributed by atoms with E-state index in [-0.39, 0.29) is 11.6 Å². The second-order valence-corrected chi connectivity index (χ2v) is 3.78. The van der Waals surface area contributed by atoms with Crippen LogP contribution in [0, 0.1) is 11.6 Å². The minimum Gasteiger partial charge on any atom is -0.439 e. The Bertz CT molecular complexity index is 558. The monoisotopic (exact) mass is 251 g/mol. The zero-order valence-electron chi connectivity index (χ0n) is 9.60. The molecule has 0 fully saturated rings. The summed E-state index contributed by atoms with van der Waals surface area (Å²) in [5.41, 5.74) is 0.627. The third-order valence-corrected chi connectivity index (χ3v) is 2.35. The molecule has 1 N–H and O–H groups in total. The molecule has 2 rings (SSSR count). The van der Waals surface area contributed by atoms with E-state index in [0.29, 0.717) is 5.56 Å². The number of benzene rings is 1. The van der Waals surface area contributed by atoms with E-state index in [1.807, 2.05) is 0 Å². The first-order valence-corrected chi connectivity index (χ1v) is 5.33. The number of nitrogens with zero attached hydrogens (tertiary/aromatic N) is 1. The molecule has 0 aliphatic rings. The van der Waals surface area contributed by atoms with Crippen molar-refractivity contribution in [3.05, 3.63) is 53.7 Å². The summed E-state index contributed by atoms with van der Waals surface area (Å²) in [5.74, 6) is -1.57. The van der Waals surface area contributed by atoms with Crippen LogP contribution in [0.1, 0.15) is 18.6 Å². The Hall–Kier alpha value is -2.01. The molecule has 1 heterocycles. The van der Waals surface area contributed by atoms with Crippen LogP contribution in [0.15, 0.2) is 36.5 Å². The van der Waals surface area contributed by atoms with Gasteiger partial charge in [0.2, 0.25) is 5.88 Å². The van der Waals surface area contributed by atoms with Gasteiger partial charge in [-0.3, -0.25) is 0 Å². The quantitative estimate of drug-likeness (QED) is 0.910. The number of hydrogen-bond acceptors (Lipinski definition) is 3. The lowest BCUT2D eigenvalue weighted by atomic mass is 10.2. The zero-order chi connectivity index (χ0) is 13.1. The number of aliphatic hydroxyl groups excluding tert-OH is 1. The molecule has 0 unspecified atom stereocenters. The summed E-state index contributed by atoms with van der Waals surface area (Å²) in [6.45, 7) is 1.61. The third-order valence-electron chi connectivity index (χ3n) is 2.35. The first-order chi connectivity index (χ1) is 8.56. The molecule has 5 heteroatoms. The van der Waals surface area contributed by atoms with Gasteiger partial charge in [-0.1, -0.05) is 0 Å². The van der Waals surface area contributed by atoms with Crippen LogP contribution in [0.3, 0.4) is 0 Å². The minimum atomic E-state index is -0.987. The molecule has 3 nitrogen and oxygen atoms in total. The summed E-state index contributed by atoms with van der Waals surface area (Å²) >= 11 is 0. The van der Waals surface area contributed by atoms with Gasteiger partial charge in [-0.15, -0.1) is 0 Å². The van der Waals surface area contributed by atoms with Gasteiger partial charge in [0.25, 0.3) is 0 Å². The fraction of sp³-hybridized carbons (Fsp3) is 0.154. The van der Waals surface area contributed by atoms with Crippen LogP contribution in [-0.4, -0.2) is 10.1 Å². The Morgan fingerprint density at radius 1 is 1.17 bits per heavy atom. The number of halogens is 2. The summed E-state index contributed by atoms with van der Waals surface area (Å²) in [6, 6.07) is 6.39. The van der Waals surface area contributed by atoms with Crippen LogP contribution in [0.4, 0.5) is 8.78 Å². The molecular weight excluding hydrogens is 240 g/mol. The normalized spacial score (nSPS) is 12.2. The number of aromatic nitrogens is 1. The van der Waals surface area contributed by atoms with Crippen LogP contribution < -0.4 is 4.74 Å². The summed E-state index contributed by atoms with van der Waals surface area (Å²) in [5, 5.41) is 9.40. The molecule has 0 bridgehead atoms. The van der Waals surface area contributed by atoms with Gasteiger partial charge in [0.05, 0.1) is 6.10 Å². The highest BCUT2D eigenvalue weighted by atomic mass is 19.2. The van der Waals surface area contributed by atoms with Gasteiger partial charge in [-0.25, -0.2) is 13.8 Å². The molecule has 94 valence electrons. The Morgan fingerprint density at radius 3 is 2.61 bits per heavy atom. The largest absolute Gasteiger partial charge is 0.439 e. The SMILES string of the molecule is C[C@H](O)c1ccnc(Oc2ccc(F)c(F)c2)c1. The van der Waals surface area contributed by atoms with Gasteiger partial charge in [0, 0.05) is 18.3 Å². The predicted molar refractivity (Wildman–Crippen MR) is 61.3 cm³/mol. The lowest BCUT2D eigenvalue weighted by molar-refractivity contribution is 0.198. The molecule has 1 aromatic heterocycles. The zero-order valence-corrected chi connectivity index (χ0v) is 9.60. The maximum atomic E-state index is 13.0. The van der Waals surface area contributed by atoms with Crippen molar-refractivity contribution in [3.63, 3.8) is 0 Å². The van der Waals surface area contributed by atoms with E-state index in [0.717, 1.165) is 12.1 Å². The van der Waals surface area contributed by atoms with Crippen molar-refractivity contribution >= 4 is 0 Å². The fourth-order valence-corrected chi connectivity index (χ4v) is 1.40. The summed E-state index contributed by atoms with van der Waals surface area (Å²) in [6.07, 6.45) is 0.817. The topological polar surface area (TPSA) is 42.4 Å². The molecule has 0 saturated heterocycles. The highest BCUT2D eigenvalue weighted by molar-refractivity contribution is 5.30. The molecule has 0 saturated carbocycles. The Labute approximate surface area is 103 Å². The second kappa shape index (κ2) is 5.10. The number of rotatable bonds is 3. The molecule has 2 aromatic rings. The number of aliphatic hydroxyl groups is 1. The van der Waals surface area contributed by atoms with Gasteiger partial charge >= 0.3 is 0 Å². The van der Waals surface area contributed by atoms with Crippen LogP contribution in [0.25, 0.3) is 0 Å². The van der Waals surface area contributed by atoms with Crippen molar-refractivity contribution in [1.82, 2.24) is 4.98 Å². The van der Waals surface area contributed by atoms with E-state index in [4.69, 9.17) is 4.74 Å². The van der Waals surface area contributed by atoms with Crippen molar-refractivity contribution in [2.24, 2.45) is 0 Å². The average molecular weight is 251 g/mol. The lowest BCUT2D eigenvalue weighted by Gasteiger charge is -2.08. The smallest absolute Gasteiger partial charge is 0.219 e. The molecule has 0 spiro atoms. The summed E-state index contributed by atoms with van der Waals surface area (Å²) in [4.78, 5) is 3.92. The summed E-state index contributed by atoms with van der Waals surface area (Å²) in [7, 11) is 0. The standard InChI is InChI=1S/C13H11F2NO2/c1-8(17)9-4-5-16-13(6-9)18-10-2-3-11(14)12(15)7-10/h2-8,17H,1H3/t8-/m0/s1. The minimum absolute atomic E-state index is 0.143. The van der Waals surface area contributed by atoms with Crippen molar-refractivity contribution in [2.75, 3.05) is 0 Å². The molecule has 0 radical (unpaired) electrons. The van der Waals surface area contributed by atoms with Gasteiger partial charge in [0.1, 0.15) is 5.75 Å². The maximum absolute atomic E-state index is 13.0. The van der Waals surface area contributed by atoms with Gasteiger partial charge < -0.3 is 9.84 Å². The lowest BCUT2D eigenvalue weighted by Crippen LogP contribution is -1.94. The van der Waals surface area contributed by atoms with Crippen molar-refractivity contribution in [3.8, 4) is 11.6 Å². The average Bonchev–Trinajstić information content (AvgIpc) is 2.34. The van der Waals surface area contributed by atoms with Crippen molar-refractivity contribution in [2.45, 2.75) is 13.0 Å². The van der Waals surface area contributed by atoms with Crippen molar-refractivity contribution < 1.29 is 18.6 Å². The molecule has 18 heavy (non-hydrogen) atoms. The Kier molecular flexibility index (Phi) is 3.53. The Balaban J connectivity index is 2.23. The van der Waals surface area contributed by atoms with E-state index in [2.05, 4.69) is 4.98 Å². The molecule has 0 aliphatic heterocycles. The number of hydrogen-bond donors (Lipinski definition) is 1. The first-order valence-electron chi connectivity index (χ1n) is 5.33. The van der Waals surface area contributed by atoms with Gasteiger partial charge in [0.15, 0.2) is 11.6 Å². The predicted octanol–water partition coefficient (Wildman–Crippen LogP) is 3.21. The second-order valence-electron chi connectivity index (χ2n) is 3.78. The maximum Gasteiger partial charge on any atom is 0.219 e. The van der Waals surface area contributed by atoms with Crippen LogP contribution in [0.5, 0.6) is 11.6 Å². The third kappa shape index (κ3) is 2.81. The van der Waals surface area contributed by atoms with E-state index < -0.39 is 17.7 Å². The summed E-state index contributed by atoms with van der Waals surface area (Å²) < 4.78 is 31.0. The van der Waals surface area contributed by atoms with E-state index in [9.17, 15) is 13.9 Å².